The van der Waals surface area contributed by atoms with Crippen LogP contribution in [0, 0.1) is 0 Å². The first kappa shape index (κ1) is 17.0. The smallest absolute Gasteiger partial charge is 0.143 e. The first-order chi connectivity index (χ1) is 13.8. The van der Waals surface area contributed by atoms with Crippen molar-refractivity contribution in [3.05, 3.63) is 84.1 Å². The summed E-state index contributed by atoms with van der Waals surface area (Å²) in [7, 11) is 2.04. The van der Waals surface area contributed by atoms with Gasteiger partial charge in [0.25, 0.3) is 0 Å². The number of nitrogens with zero attached hydrogens (tertiary/aromatic N) is 4. The van der Waals surface area contributed by atoms with E-state index in [2.05, 4.69) is 68.1 Å². The minimum Gasteiger partial charge on any atom is -0.360 e. The average molecular weight is 370 g/mol. The van der Waals surface area contributed by atoms with Crippen LogP contribution in [0.25, 0.3) is 22.4 Å². The van der Waals surface area contributed by atoms with Crippen molar-refractivity contribution in [3.8, 4) is 22.4 Å². The molecule has 0 fully saturated rings. The van der Waals surface area contributed by atoms with Gasteiger partial charge in [-0.1, -0.05) is 59.8 Å². The third-order valence-electron chi connectivity index (χ3n) is 5.47. The van der Waals surface area contributed by atoms with Gasteiger partial charge in [0.1, 0.15) is 11.5 Å². The zero-order chi connectivity index (χ0) is 18.9. The van der Waals surface area contributed by atoms with E-state index >= 15 is 0 Å². The van der Waals surface area contributed by atoms with Crippen molar-refractivity contribution in [3.63, 3.8) is 0 Å². The second-order valence-corrected chi connectivity index (χ2v) is 7.33. The highest BCUT2D eigenvalue weighted by atomic mass is 16.5. The van der Waals surface area contributed by atoms with Crippen LogP contribution in [0.1, 0.15) is 17.0 Å². The Morgan fingerprint density at radius 3 is 2.46 bits per heavy atom. The molecule has 0 unspecified atom stereocenters. The summed E-state index contributed by atoms with van der Waals surface area (Å²) in [5.74, 6) is 1.02. The standard InChI is InChI=1S/C23H22N4O/c1-26-16-24-13-20(26)14-27-12-11-22-21(15-27)23(25-28-22)19-9-7-18(8-10-19)17-5-3-2-4-6-17/h2-10,13,16H,11-12,14-15H2,1H3. The van der Waals surface area contributed by atoms with Gasteiger partial charge in [0.2, 0.25) is 0 Å². The molecule has 5 heteroatoms. The normalized spacial score (nSPS) is 14.2. The minimum absolute atomic E-state index is 0.847. The third-order valence-corrected chi connectivity index (χ3v) is 5.47. The van der Waals surface area contributed by atoms with Gasteiger partial charge >= 0.3 is 0 Å². The van der Waals surface area contributed by atoms with E-state index in [0.717, 1.165) is 43.1 Å². The molecule has 0 spiro atoms. The summed E-state index contributed by atoms with van der Waals surface area (Å²) in [5, 5.41) is 4.40. The molecule has 0 bridgehead atoms. The van der Waals surface area contributed by atoms with Crippen LogP contribution >= 0.6 is 0 Å². The number of rotatable bonds is 4. The lowest BCUT2D eigenvalue weighted by atomic mass is 9.99. The SMILES string of the molecule is Cn1cncc1CN1CCc2onc(-c3ccc(-c4ccccc4)cc3)c2C1. The summed E-state index contributed by atoms with van der Waals surface area (Å²) in [6.07, 6.45) is 4.68. The van der Waals surface area contributed by atoms with Crippen molar-refractivity contribution in [2.24, 2.45) is 7.05 Å². The van der Waals surface area contributed by atoms with Gasteiger partial charge in [-0.25, -0.2) is 4.98 Å². The molecule has 0 atom stereocenters. The lowest BCUT2D eigenvalue weighted by Gasteiger charge is -2.26. The molecule has 2 aromatic heterocycles. The molecule has 140 valence electrons. The summed E-state index contributed by atoms with van der Waals surface area (Å²) < 4.78 is 7.75. The van der Waals surface area contributed by atoms with Crippen LogP contribution in [0.4, 0.5) is 0 Å². The maximum absolute atomic E-state index is 5.67. The highest BCUT2D eigenvalue weighted by Crippen LogP contribution is 2.31. The monoisotopic (exact) mass is 370 g/mol. The number of aromatic nitrogens is 3. The van der Waals surface area contributed by atoms with Gasteiger partial charge in [0.05, 0.1) is 12.0 Å². The van der Waals surface area contributed by atoms with Crippen LogP contribution in [0.15, 0.2) is 71.6 Å². The van der Waals surface area contributed by atoms with Crippen LogP contribution in [0.3, 0.4) is 0 Å². The summed E-state index contributed by atoms with van der Waals surface area (Å²) in [4.78, 5) is 6.65. The fourth-order valence-corrected chi connectivity index (χ4v) is 3.84. The fourth-order valence-electron chi connectivity index (χ4n) is 3.84. The Bertz CT molecular complexity index is 1080. The molecule has 5 nitrogen and oxygen atoms in total. The Morgan fingerprint density at radius 2 is 1.71 bits per heavy atom. The quantitative estimate of drug-likeness (QED) is 0.537. The molecular formula is C23H22N4O. The first-order valence-corrected chi connectivity index (χ1v) is 9.59. The van der Waals surface area contributed by atoms with Gasteiger partial charge < -0.3 is 9.09 Å². The Morgan fingerprint density at radius 1 is 0.964 bits per heavy atom. The Kier molecular flexibility index (Phi) is 4.29. The van der Waals surface area contributed by atoms with Crippen molar-refractivity contribution in [2.45, 2.75) is 19.5 Å². The van der Waals surface area contributed by atoms with E-state index in [9.17, 15) is 0 Å². The van der Waals surface area contributed by atoms with Crippen molar-refractivity contribution < 1.29 is 4.52 Å². The zero-order valence-corrected chi connectivity index (χ0v) is 15.9. The molecule has 0 N–H and O–H groups in total. The van der Waals surface area contributed by atoms with Gasteiger partial charge in [-0.05, 0) is 11.1 Å². The Labute approximate surface area is 164 Å². The van der Waals surface area contributed by atoms with Crippen molar-refractivity contribution in [2.75, 3.05) is 6.54 Å². The van der Waals surface area contributed by atoms with Gasteiger partial charge in [0.15, 0.2) is 0 Å². The van der Waals surface area contributed by atoms with Crippen LogP contribution in [-0.4, -0.2) is 26.2 Å². The minimum atomic E-state index is 0.847. The average Bonchev–Trinajstić information content (AvgIpc) is 3.35. The molecule has 0 radical (unpaired) electrons. The molecule has 0 saturated carbocycles. The Balaban J connectivity index is 1.39. The van der Waals surface area contributed by atoms with Crippen LogP contribution < -0.4 is 0 Å². The molecule has 1 aliphatic heterocycles. The number of hydrogen-bond acceptors (Lipinski definition) is 4. The van der Waals surface area contributed by atoms with E-state index in [0.29, 0.717) is 0 Å². The van der Waals surface area contributed by atoms with Gasteiger partial charge in [-0.15, -0.1) is 0 Å². The molecule has 5 rings (SSSR count). The molecular weight excluding hydrogens is 348 g/mol. The summed E-state index contributed by atoms with van der Waals surface area (Å²) in [5.41, 5.74) is 6.92. The molecule has 0 amide bonds. The van der Waals surface area contributed by atoms with E-state index in [1.165, 1.54) is 22.4 Å². The first-order valence-electron chi connectivity index (χ1n) is 9.59. The van der Waals surface area contributed by atoms with Crippen molar-refractivity contribution in [1.29, 1.82) is 0 Å². The van der Waals surface area contributed by atoms with Crippen LogP contribution in [-0.2, 0) is 26.6 Å². The summed E-state index contributed by atoms with van der Waals surface area (Å²) in [6, 6.07) is 19.0. The molecule has 28 heavy (non-hydrogen) atoms. The molecule has 2 aromatic carbocycles. The van der Waals surface area contributed by atoms with Gasteiger partial charge in [-0.2, -0.15) is 0 Å². The van der Waals surface area contributed by atoms with Crippen LogP contribution in [0.2, 0.25) is 0 Å². The van der Waals surface area contributed by atoms with E-state index in [1.807, 2.05) is 25.6 Å². The van der Waals surface area contributed by atoms with Crippen molar-refractivity contribution in [1.82, 2.24) is 19.6 Å². The zero-order valence-electron chi connectivity index (χ0n) is 15.9. The predicted molar refractivity (Wildman–Crippen MR) is 108 cm³/mol. The van der Waals surface area contributed by atoms with E-state index < -0.39 is 0 Å². The second-order valence-electron chi connectivity index (χ2n) is 7.33. The molecule has 0 saturated heterocycles. The van der Waals surface area contributed by atoms with E-state index in [-0.39, 0.29) is 0 Å². The molecule has 3 heterocycles. The number of hydrogen-bond donors (Lipinski definition) is 0. The third kappa shape index (κ3) is 3.14. The number of fused-ring (bicyclic) bond motifs is 1. The van der Waals surface area contributed by atoms with E-state index in [1.54, 1.807) is 0 Å². The van der Waals surface area contributed by atoms with Gasteiger partial charge in [-0.3, -0.25) is 4.90 Å². The highest BCUT2D eigenvalue weighted by molar-refractivity contribution is 5.70. The second kappa shape index (κ2) is 7.09. The highest BCUT2D eigenvalue weighted by Gasteiger charge is 2.25. The maximum atomic E-state index is 5.67. The lowest BCUT2D eigenvalue weighted by molar-refractivity contribution is 0.224. The van der Waals surface area contributed by atoms with Crippen molar-refractivity contribution >= 4 is 0 Å². The van der Waals surface area contributed by atoms with Gasteiger partial charge in [0, 0.05) is 50.4 Å². The number of imidazole rings is 1. The molecule has 1 aliphatic rings. The number of aryl methyl sites for hydroxylation is 1. The topological polar surface area (TPSA) is 47.1 Å². The largest absolute Gasteiger partial charge is 0.360 e. The molecule has 4 aromatic rings. The predicted octanol–water partition coefficient (Wildman–Crippen LogP) is 4.30. The summed E-state index contributed by atoms with van der Waals surface area (Å²) in [6.45, 7) is 2.70. The Hall–Kier alpha value is -3.18. The van der Waals surface area contributed by atoms with Crippen LogP contribution in [0.5, 0.6) is 0 Å². The maximum Gasteiger partial charge on any atom is 0.143 e. The van der Waals surface area contributed by atoms with E-state index in [4.69, 9.17) is 4.52 Å². The molecule has 0 aliphatic carbocycles. The lowest BCUT2D eigenvalue weighted by Crippen LogP contribution is -2.30. The number of benzene rings is 2. The summed E-state index contributed by atoms with van der Waals surface area (Å²) >= 11 is 0. The fraction of sp³-hybridized carbons (Fsp3) is 0.217.